The molecule has 0 aliphatic carbocycles. The first-order chi connectivity index (χ1) is 14.7. The lowest BCUT2D eigenvalue weighted by Gasteiger charge is -2.13. The van der Waals surface area contributed by atoms with Crippen LogP contribution in [0.2, 0.25) is 0 Å². The van der Waals surface area contributed by atoms with Gasteiger partial charge in [0, 0.05) is 25.8 Å². The fourth-order valence-electron chi connectivity index (χ4n) is 3.29. The number of aryl methyl sites for hydroxylation is 1. The predicted octanol–water partition coefficient (Wildman–Crippen LogP) is 3.99. The average Bonchev–Trinajstić information content (AvgIpc) is 3.31. The molecule has 0 saturated heterocycles. The number of nitrogens with one attached hydrogen (secondary N) is 2. The molecule has 31 heavy (non-hydrogen) atoms. The van der Waals surface area contributed by atoms with Crippen LogP contribution in [-0.4, -0.2) is 27.1 Å². The number of nitrogens with zero attached hydrogens (tertiary/aromatic N) is 2. The van der Waals surface area contributed by atoms with Gasteiger partial charge < -0.3 is 16.0 Å². The molecule has 0 aliphatic rings. The zero-order chi connectivity index (χ0) is 22.2. The van der Waals surface area contributed by atoms with E-state index in [0.717, 1.165) is 39.2 Å². The number of fused-ring (bicyclic) bond motifs is 1. The Balaban J connectivity index is 1.38. The molecule has 0 aliphatic heterocycles. The number of benzene rings is 2. The van der Waals surface area contributed by atoms with Crippen molar-refractivity contribution in [1.82, 2.24) is 14.5 Å². The SMILES string of the molecule is Cn1c(=O)[nH]c2ccc(-c3cnc(NCC(N)Cc4ccc(C(F)(F)F)cc4)s3)cc21. The van der Waals surface area contributed by atoms with E-state index < -0.39 is 11.7 Å². The third-order valence-corrected chi connectivity index (χ3v) is 5.99. The Morgan fingerprint density at radius 2 is 1.97 bits per heavy atom. The van der Waals surface area contributed by atoms with Gasteiger partial charge in [0.15, 0.2) is 5.13 Å². The summed E-state index contributed by atoms with van der Waals surface area (Å²) >= 11 is 1.46. The van der Waals surface area contributed by atoms with Crippen LogP contribution in [0.25, 0.3) is 21.5 Å². The van der Waals surface area contributed by atoms with Crippen LogP contribution in [0, 0.1) is 0 Å². The van der Waals surface area contributed by atoms with Crippen molar-refractivity contribution in [3.63, 3.8) is 0 Å². The summed E-state index contributed by atoms with van der Waals surface area (Å²) in [5, 5.41) is 3.88. The van der Waals surface area contributed by atoms with Crippen LogP contribution in [0.1, 0.15) is 11.1 Å². The molecule has 2 aromatic heterocycles. The monoisotopic (exact) mass is 447 g/mol. The maximum absolute atomic E-state index is 12.7. The summed E-state index contributed by atoms with van der Waals surface area (Å²) in [5.41, 5.74) is 8.57. The van der Waals surface area contributed by atoms with Gasteiger partial charge in [0.05, 0.1) is 21.5 Å². The third-order valence-electron chi connectivity index (χ3n) is 4.99. The summed E-state index contributed by atoms with van der Waals surface area (Å²) in [5.74, 6) is 0. The lowest BCUT2D eigenvalue weighted by atomic mass is 10.0. The van der Waals surface area contributed by atoms with Gasteiger partial charge in [-0.3, -0.25) is 4.57 Å². The second-order valence-electron chi connectivity index (χ2n) is 7.29. The van der Waals surface area contributed by atoms with Crippen molar-refractivity contribution in [1.29, 1.82) is 0 Å². The quantitative estimate of drug-likeness (QED) is 0.417. The minimum absolute atomic E-state index is 0.166. The molecule has 1 unspecified atom stereocenters. The Morgan fingerprint density at radius 1 is 1.23 bits per heavy atom. The zero-order valence-electron chi connectivity index (χ0n) is 16.5. The number of thiazole rings is 1. The molecule has 0 bridgehead atoms. The smallest absolute Gasteiger partial charge is 0.360 e. The predicted molar refractivity (Wildman–Crippen MR) is 116 cm³/mol. The van der Waals surface area contributed by atoms with Crippen LogP contribution in [0.5, 0.6) is 0 Å². The molecule has 0 saturated carbocycles. The molecule has 4 rings (SSSR count). The summed E-state index contributed by atoms with van der Waals surface area (Å²) in [6.45, 7) is 0.430. The minimum Gasteiger partial charge on any atom is -0.360 e. The highest BCUT2D eigenvalue weighted by molar-refractivity contribution is 7.18. The van der Waals surface area contributed by atoms with E-state index >= 15 is 0 Å². The molecule has 6 nitrogen and oxygen atoms in total. The van der Waals surface area contributed by atoms with Crippen molar-refractivity contribution in [3.8, 4) is 10.4 Å². The fraction of sp³-hybridized carbons (Fsp3) is 0.238. The number of nitrogens with two attached hydrogens (primary N) is 1. The number of anilines is 1. The van der Waals surface area contributed by atoms with Gasteiger partial charge in [-0.2, -0.15) is 13.2 Å². The molecule has 2 aromatic carbocycles. The standard InChI is InChI=1S/C21H20F3N5OS/c1-29-17-9-13(4-7-16(17)28-20(29)30)18-11-27-19(31-18)26-10-15(25)8-12-2-5-14(6-3-12)21(22,23)24/h2-7,9,11,15H,8,10,25H2,1H3,(H,26,27)(H,28,30). The van der Waals surface area contributed by atoms with E-state index in [4.69, 9.17) is 5.73 Å². The molecule has 2 heterocycles. The lowest BCUT2D eigenvalue weighted by Crippen LogP contribution is -2.31. The van der Waals surface area contributed by atoms with Gasteiger partial charge in [-0.15, -0.1) is 0 Å². The Morgan fingerprint density at radius 3 is 2.68 bits per heavy atom. The van der Waals surface area contributed by atoms with Crippen LogP contribution in [0.4, 0.5) is 18.3 Å². The number of alkyl halides is 3. The molecule has 10 heteroatoms. The molecule has 0 amide bonds. The fourth-order valence-corrected chi connectivity index (χ4v) is 4.11. The largest absolute Gasteiger partial charge is 0.416 e. The number of halogens is 3. The Bertz CT molecular complexity index is 1260. The summed E-state index contributed by atoms with van der Waals surface area (Å²) < 4.78 is 39.5. The van der Waals surface area contributed by atoms with Gasteiger partial charge in [-0.25, -0.2) is 9.78 Å². The number of aromatic nitrogens is 3. The van der Waals surface area contributed by atoms with Crippen molar-refractivity contribution in [3.05, 3.63) is 70.3 Å². The van der Waals surface area contributed by atoms with E-state index in [9.17, 15) is 18.0 Å². The summed E-state index contributed by atoms with van der Waals surface area (Å²) in [6.07, 6.45) is -2.15. The first-order valence-corrected chi connectivity index (χ1v) is 10.3. The second-order valence-corrected chi connectivity index (χ2v) is 8.32. The minimum atomic E-state index is -4.34. The normalized spacial score (nSPS) is 12.9. The van der Waals surface area contributed by atoms with Crippen molar-refractivity contribution < 1.29 is 13.2 Å². The number of imidazole rings is 1. The number of hydrogen-bond donors (Lipinski definition) is 3. The van der Waals surface area contributed by atoms with E-state index in [-0.39, 0.29) is 11.7 Å². The van der Waals surface area contributed by atoms with Gasteiger partial charge >= 0.3 is 11.9 Å². The van der Waals surface area contributed by atoms with Crippen molar-refractivity contribution in [2.75, 3.05) is 11.9 Å². The van der Waals surface area contributed by atoms with E-state index in [1.165, 1.54) is 23.5 Å². The Kier molecular flexibility index (Phi) is 5.59. The molecule has 1 atom stereocenters. The highest BCUT2D eigenvalue weighted by Crippen LogP contribution is 2.31. The second kappa shape index (κ2) is 8.20. The first kappa shape index (κ1) is 21.1. The Hall–Kier alpha value is -3.11. The highest BCUT2D eigenvalue weighted by Gasteiger charge is 2.29. The summed E-state index contributed by atoms with van der Waals surface area (Å²) in [4.78, 5) is 19.9. The van der Waals surface area contributed by atoms with Gasteiger partial charge in [0.2, 0.25) is 0 Å². The number of aromatic amines is 1. The van der Waals surface area contributed by atoms with E-state index in [1.54, 1.807) is 17.8 Å². The highest BCUT2D eigenvalue weighted by atomic mass is 32.1. The molecular weight excluding hydrogens is 427 g/mol. The molecule has 0 radical (unpaired) electrons. The lowest BCUT2D eigenvalue weighted by molar-refractivity contribution is -0.137. The molecule has 0 fully saturated rings. The zero-order valence-corrected chi connectivity index (χ0v) is 17.3. The molecular formula is C21H20F3N5OS. The number of rotatable bonds is 6. The van der Waals surface area contributed by atoms with E-state index in [2.05, 4.69) is 15.3 Å². The molecule has 0 spiro atoms. The van der Waals surface area contributed by atoms with E-state index in [1.807, 2.05) is 18.2 Å². The number of hydrogen-bond acceptors (Lipinski definition) is 5. The van der Waals surface area contributed by atoms with Gasteiger partial charge in [0.1, 0.15) is 0 Å². The van der Waals surface area contributed by atoms with Crippen molar-refractivity contribution >= 4 is 27.5 Å². The van der Waals surface area contributed by atoms with E-state index in [0.29, 0.717) is 18.1 Å². The van der Waals surface area contributed by atoms with Crippen molar-refractivity contribution in [2.24, 2.45) is 12.8 Å². The molecule has 4 aromatic rings. The molecule has 4 N–H and O–H groups in total. The maximum Gasteiger partial charge on any atom is 0.416 e. The maximum atomic E-state index is 12.7. The molecule has 162 valence electrons. The summed E-state index contributed by atoms with van der Waals surface area (Å²) in [7, 11) is 1.71. The van der Waals surface area contributed by atoms with Gasteiger partial charge in [-0.05, 0) is 41.8 Å². The number of H-pyrrole nitrogens is 1. The van der Waals surface area contributed by atoms with Gasteiger partial charge in [0.25, 0.3) is 0 Å². The van der Waals surface area contributed by atoms with Crippen LogP contribution >= 0.6 is 11.3 Å². The van der Waals surface area contributed by atoms with Crippen LogP contribution in [-0.2, 0) is 19.6 Å². The van der Waals surface area contributed by atoms with Crippen LogP contribution in [0.3, 0.4) is 0 Å². The first-order valence-electron chi connectivity index (χ1n) is 9.51. The Labute approximate surface area is 179 Å². The third kappa shape index (κ3) is 4.64. The average molecular weight is 447 g/mol. The van der Waals surface area contributed by atoms with Crippen molar-refractivity contribution in [2.45, 2.75) is 18.6 Å². The van der Waals surface area contributed by atoms with Gasteiger partial charge in [-0.1, -0.05) is 29.5 Å². The van der Waals surface area contributed by atoms with Crippen LogP contribution in [0.15, 0.2) is 53.5 Å². The van der Waals surface area contributed by atoms with Crippen LogP contribution < -0.4 is 16.7 Å². The summed E-state index contributed by atoms with van der Waals surface area (Å²) in [6, 6.07) is 10.5. The topological polar surface area (TPSA) is 88.7 Å².